The number of H-pyrrole nitrogens is 1. The molecule has 208 valence electrons. The van der Waals surface area contributed by atoms with Gasteiger partial charge < -0.3 is 24.7 Å². The van der Waals surface area contributed by atoms with E-state index in [1.165, 1.54) is 0 Å². The zero-order valence-corrected chi connectivity index (χ0v) is 23.3. The van der Waals surface area contributed by atoms with E-state index in [0.717, 1.165) is 22.0 Å². The fourth-order valence-corrected chi connectivity index (χ4v) is 5.36. The molecule has 2 heterocycles. The minimum Gasteiger partial charge on any atom is -0.466 e. The van der Waals surface area contributed by atoms with Crippen LogP contribution in [0.1, 0.15) is 51.7 Å². The van der Waals surface area contributed by atoms with Gasteiger partial charge in [0.05, 0.1) is 12.0 Å². The van der Waals surface area contributed by atoms with E-state index >= 15 is 0 Å². The van der Waals surface area contributed by atoms with Crippen molar-refractivity contribution in [3.05, 3.63) is 71.9 Å². The number of alkyl carbamates (subject to hydrolysis) is 1. The summed E-state index contributed by atoms with van der Waals surface area (Å²) in [6.07, 6.45) is 3.25. The Kier molecular flexibility index (Phi) is 8.63. The standard InChI is InChI=1S/C31H39N3O5/c1-5-38-28(36)31(19-22-12-7-6-8-13-22)16-11-17-34(21-31)27(35)26(33-29(37)39-30(2,3)4)18-23-20-32-25-15-10-9-14-24(23)25/h6-10,12-15,20,26,32H,5,11,16-19,21H2,1-4H3,(H,33,37)/t26-,31+/m1/s1. The molecule has 0 saturated carbocycles. The number of carbonyl (C=O) groups is 3. The molecule has 0 aliphatic carbocycles. The van der Waals surface area contributed by atoms with Gasteiger partial charge in [0, 0.05) is 36.6 Å². The molecular weight excluding hydrogens is 494 g/mol. The number of hydrogen-bond donors (Lipinski definition) is 2. The first-order chi connectivity index (χ1) is 18.6. The van der Waals surface area contributed by atoms with E-state index in [4.69, 9.17) is 9.47 Å². The van der Waals surface area contributed by atoms with Crippen LogP contribution < -0.4 is 5.32 Å². The molecule has 2 aromatic carbocycles. The lowest BCUT2D eigenvalue weighted by atomic mass is 9.75. The molecule has 8 nitrogen and oxygen atoms in total. The van der Waals surface area contributed by atoms with E-state index in [2.05, 4.69) is 10.3 Å². The molecule has 39 heavy (non-hydrogen) atoms. The molecule has 1 aromatic heterocycles. The number of ether oxygens (including phenoxy) is 2. The first-order valence-electron chi connectivity index (χ1n) is 13.6. The Balaban J connectivity index is 1.62. The Morgan fingerprint density at radius 2 is 1.79 bits per heavy atom. The number of hydrogen-bond acceptors (Lipinski definition) is 5. The molecule has 0 bridgehead atoms. The molecule has 0 spiro atoms. The van der Waals surface area contributed by atoms with Gasteiger partial charge in [0.1, 0.15) is 11.6 Å². The molecule has 2 atom stereocenters. The zero-order chi connectivity index (χ0) is 28.0. The van der Waals surface area contributed by atoms with E-state index < -0.39 is 23.2 Å². The Morgan fingerprint density at radius 3 is 2.51 bits per heavy atom. The maximum atomic E-state index is 14.1. The average molecular weight is 534 g/mol. The summed E-state index contributed by atoms with van der Waals surface area (Å²) in [4.78, 5) is 45.2. The minimum atomic E-state index is -0.867. The number of piperidine rings is 1. The van der Waals surface area contributed by atoms with Crippen molar-refractivity contribution in [1.82, 2.24) is 15.2 Å². The smallest absolute Gasteiger partial charge is 0.408 e. The Hall–Kier alpha value is -3.81. The maximum absolute atomic E-state index is 14.1. The second kappa shape index (κ2) is 11.9. The molecular formula is C31H39N3O5. The van der Waals surface area contributed by atoms with E-state index in [1.807, 2.05) is 60.8 Å². The van der Waals surface area contributed by atoms with Gasteiger partial charge in [-0.3, -0.25) is 9.59 Å². The van der Waals surface area contributed by atoms with Gasteiger partial charge in [-0.1, -0.05) is 48.5 Å². The fourth-order valence-electron chi connectivity index (χ4n) is 5.36. The lowest BCUT2D eigenvalue weighted by Gasteiger charge is -2.42. The van der Waals surface area contributed by atoms with Crippen LogP contribution in [0.4, 0.5) is 4.79 Å². The van der Waals surface area contributed by atoms with E-state index in [9.17, 15) is 14.4 Å². The third-order valence-corrected chi connectivity index (χ3v) is 7.07. The number of amides is 2. The number of aromatic amines is 1. The van der Waals surface area contributed by atoms with Crippen molar-refractivity contribution in [1.29, 1.82) is 0 Å². The normalized spacial score (nSPS) is 18.4. The van der Waals surface area contributed by atoms with Crippen LogP contribution in [0, 0.1) is 5.41 Å². The van der Waals surface area contributed by atoms with Crippen LogP contribution in [-0.2, 0) is 31.9 Å². The molecule has 1 fully saturated rings. The molecule has 1 saturated heterocycles. The average Bonchev–Trinajstić information content (AvgIpc) is 3.30. The van der Waals surface area contributed by atoms with Crippen LogP contribution in [0.3, 0.4) is 0 Å². The fraction of sp³-hybridized carbons (Fsp3) is 0.452. The van der Waals surface area contributed by atoms with Crippen LogP contribution in [-0.4, -0.2) is 59.2 Å². The van der Waals surface area contributed by atoms with Gasteiger partial charge in [0.25, 0.3) is 0 Å². The number of carbonyl (C=O) groups excluding carboxylic acids is 3. The third-order valence-electron chi connectivity index (χ3n) is 7.07. The monoisotopic (exact) mass is 533 g/mol. The number of esters is 1. The second-order valence-electron chi connectivity index (χ2n) is 11.3. The van der Waals surface area contributed by atoms with Crippen molar-refractivity contribution in [3.63, 3.8) is 0 Å². The first kappa shape index (κ1) is 28.2. The summed E-state index contributed by atoms with van der Waals surface area (Å²) in [7, 11) is 0. The van der Waals surface area contributed by atoms with Crippen LogP contribution in [0.25, 0.3) is 10.9 Å². The summed E-state index contributed by atoms with van der Waals surface area (Å²) >= 11 is 0. The quantitative estimate of drug-likeness (QED) is 0.396. The predicted molar refractivity (Wildman–Crippen MR) is 150 cm³/mol. The largest absolute Gasteiger partial charge is 0.466 e. The van der Waals surface area contributed by atoms with Gasteiger partial charge >= 0.3 is 12.1 Å². The summed E-state index contributed by atoms with van der Waals surface area (Å²) in [6, 6.07) is 16.8. The van der Waals surface area contributed by atoms with E-state index in [0.29, 0.717) is 25.8 Å². The van der Waals surface area contributed by atoms with Crippen LogP contribution in [0.2, 0.25) is 0 Å². The van der Waals surface area contributed by atoms with Gasteiger partial charge in [0.15, 0.2) is 0 Å². The number of fused-ring (bicyclic) bond motifs is 1. The second-order valence-corrected chi connectivity index (χ2v) is 11.3. The molecule has 2 N–H and O–H groups in total. The van der Waals surface area contributed by atoms with Crippen molar-refractivity contribution < 1.29 is 23.9 Å². The van der Waals surface area contributed by atoms with Crippen LogP contribution in [0.15, 0.2) is 60.8 Å². The highest BCUT2D eigenvalue weighted by Gasteiger charge is 2.46. The van der Waals surface area contributed by atoms with Gasteiger partial charge in [-0.2, -0.15) is 0 Å². The maximum Gasteiger partial charge on any atom is 0.408 e. The van der Waals surface area contributed by atoms with Gasteiger partial charge in [-0.05, 0) is 64.2 Å². The third kappa shape index (κ3) is 6.99. The van der Waals surface area contributed by atoms with Crippen molar-refractivity contribution in [2.75, 3.05) is 19.7 Å². The van der Waals surface area contributed by atoms with E-state index in [-0.39, 0.29) is 31.4 Å². The topological polar surface area (TPSA) is 101 Å². The van der Waals surface area contributed by atoms with Crippen LogP contribution in [0.5, 0.6) is 0 Å². The summed E-state index contributed by atoms with van der Waals surface area (Å²) in [6.45, 7) is 8.13. The highest BCUT2D eigenvalue weighted by Crippen LogP contribution is 2.36. The Bertz CT molecular complexity index is 1300. The SMILES string of the molecule is CCOC(=O)[C@]1(Cc2ccccc2)CCCN(C(=O)[C@@H](Cc2c[nH]c3ccccc23)NC(=O)OC(C)(C)C)C1. The van der Waals surface area contributed by atoms with Gasteiger partial charge in [0.2, 0.25) is 5.91 Å². The number of benzene rings is 2. The molecule has 2 amide bonds. The molecule has 0 unspecified atom stereocenters. The lowest BCUT2D eigenvalue weighted by Crippen LogP contribution is -2.57. The number of nitrogens with one attached hydrogen (secondary N) is 2. The summed E-state index contributed by atoms with van der Waals surface area (Å²) in [5.74, 6) is -0.535. The van der Waals surface area contributed by atoms with E-state index in [1.54, 1.807) is 32.6 Å². The van der Waals surface area contributed by atoms with Crippen LogP contribution >= 0.6 is 0 Å². The highest BCUT2D eigenvalue weighted by molar-refractivity contribution is 5.89. The number of aromatic nitrogens is 1. The number of likely N-dealkylation sites (tertiary alicyclic amines) is 1. The summed E-state index contributed by atoms with van der Waals surface area (Å²) in [5, 5.41) is 3.81. The Labute approximate surface area is 230 Å². The predicted octanol–water partition coefficient (Wildman–Crippen LogP) is 5.02. The minimum absolute atomic E-state index is 0.222. The molecule has 4 rings (SSSR count). The first-order valence-corrected chi connectivity index (χ1v) is 13.6. The van der Waals surface area contributed by atoms with Gasteiger partial charge in [-0.15, -0.1) is 0 Å². The molecule has 0 radical (unpaired) electrons. The number of nitrogens with zero attached hydrogens (tertiary/aromatic N) is 1. The van der Waals surface area contributed by atoms with Gasteiger partial charge in [-0.25, -0.2) is 4.79 Å². The molecule has 3 aromatic rings. The number of rotatable bonds is 8. The Morgan fingerprint density at radius 1 is 1.08 bits per heavy atom. The molecule has 1 aliphatic rings. The number of para-hydroxylation sites is 1. The zero-order valence-electron chi connectivity index (χ0n) is 23.3. The lowest BCUT2D eigenvalue weighted by molar-refractivity contribution is -0.161. The van der Waals surface area contributed by atoms with Crippen molar-refractivity contribution in [3.8, 4) is 0 Å². The van der Waals surface area contributed by atoms with Crippen molar-refractivity contribution >= 4 is 28.9 Å². The highest BCUT2D eigenvalue weighted by atomic mass is 16.6. The molecule has 8 heteroatoms. The summed E-state index contributed by atoms with van der Waals surface area (Å²) < 4.78 is 11.0. The van der Waals surface area contributed by atoms with Crippen molar-refractivity contribution in [2.45, 2.75) is 65.0 Å². The van der Waals surface area contributed by atoms with Crippen molar-refractivity contribution in [2.24, 2.45) is 5.41 Å². The molecule has 1 aliphatic heterocycles. The summed E-state index contributed by atoms with van der Waals surface area (Å²) in [5.41, 5.74) is 1.32.